The fourth-order valence-electron chi connectivity index (χ4n) is 0.523. The highest BCUT2D eigenvalue weighted by Gasteiger charge is 1.89. The van der Waals surface area contributed by atoms with Gasteiger partial charge >= 0.3 is 0 Å². The first-order valence-corrected chi connectivity index (χ1v) is 3.15. The van der Waals surface area contributed by atoms with Crippen LogP contribution in [0.1, 0.15) is 19.3 Å². The van der Waals surface area contributed by atoms with E-state index in [-0.39, 0.29) is 5.91 Å². The fraction of sp³-hybridized carbons (Fsp3) is 0.375. The van der Waals surface area contributed by atoms with Crippen molar-refractivity contribution in [3.05, 3.63) is 24.1 Å². The van der Waals surface area contributed by atoms with Gasteiger partial charge in [0.1, 0.15) is 0 Å². The Morgan fingerprint density at radius 2 is 2.40 bits per heavy atom. The molecule has 0 atom stereocenters. The highest BCUT2D eigenvalue weighted by atomic mass is 16.1. The fourth-order valence-corrected chi connectivity index (χ4v) is 0.523. The van der Waals surface area contributed by atoms with Crippen molar-refractivity contribution in [2.75, 3.05) is 0 Å². The molecule has 0 aromatic carbocycles. The van der Waals surface area contributed by atoms with Crippen molar-refractivity contribution in [2.24, 2.45) is 5.73 Å². The first-order valence-electron chi connectivity index (χ1n) is 3.15. The molecule has 54 valence electrons. The number of amides is 1. The third-order valence-electron chi connectivity index (χ3n) is 0.976. The smallest absolute Gasteiger partial charge is 0.217 e. The van der Waals surface area contributed by atoms with Gasteiger partial charge in [-0.15, -0.1) is 0 Å². The summed E-state index contributed by atoms with van der Waals surface area (Å²) in [6.07, 6.45) is 3.82. The maximum absolute atomic E-state index is 10.2. The maximum atomic E-state index is 10.2. The lowest BCUT2D eigenvalue weighted by Gasteiger charge is -1.88. The number of rotatable bonds is 4. The van der Waals surface area contributed by atoms with Crippen LogP contribution < -0.4 is 5.73 Å². The van der Waals surface area contributed by atoms with Gasteiger partial charge in [0, 0.05) is 6.42 Å². The number of primary amides is 1. The third kappa shape index (κ3) is 6.77. The van der Waals surface area contributed by atoms with Crippen LogP contribution in [-0.4, -0.2) is 5.91 Å². The van der Waals surface area contributed by atoms with Crippen molar-refractivity contribution >= 4 is 5.91 Å². The number of allylic oxidation sites excluding steroid dienone is 1. The van der Waals surface area contributed by atoms with Crippen LogP contribution >= 0.6 is 0 Å². The Kier molecular flexibility index (Phi) is 5.17. The molecule has 2 N–H and O–H groups in total. The van der Waals surface area contributed by atoms with Crippen LogP contribution in [0, 0.1) is 0 Å². The SMILES string of the molecule is C=C=C=CCCCC(N)=O. The number of unbranched alkanes of at least 4 members (excludes halogenated alkanes) is 1. The summed E-state index contributed by atoms with van der Waals surface area (Å²) in [7, 11) is 0. The van der Waals surface area contributed by atoms with E-state index in [0.717, 1.165) is 12.8 Å². The number of hydrogen-bond acceptors (Lipinski definition) is 1. The summed E-state index contributed by atoms with van der Waals surface area (Å²) in [5.41, 5.74) is 10.1. The summed E-state index contributed by atoms with van der Waals surface area (Å²) >= 11 is 0. The lowest BCUT2D eigenvalue weighted by molar-refractivity contribution is -0.118. The van der Waals surface area contributed by atoms with Crippen LogP contribution in [0.3, 0.4) is 0 Å². The van der Waals surface area contributed by atoms with E-state index < -0.39 is 0 Å². The molecule has 0 radical (unpaired) electrons. The summed E-state index contributed by atoms with van der Waals surface area (Å²) in [6.45, 7) is 3.33. The summed E-state index contributed by atoms with van der Waals surface area (Å²) in [4.78, 5) is 10.2. The van der Waals surface area contributed by atoms with Gasteiger partial charge < -0.3 is 5.73 Å². The second kappa shape index (κ2) is 5.90. The van der Waals surface area contributed by atoms with Gasteiger partial charge in [0.25, 0.3) is 0 Å². The molecule has 0 aliphatic rings. The average molecular weight is 137 g/mol. The molecule has 0 fully saturated rings. The molecule has 2 nitrogen and oxygen atoms in total. The molecule has 0 saturated heterocycles. The van der Waals surface area contributed by atoms with Crippen molar-refractivity contribution in [3.8, 4) is 0 Å². The largest absolute Gasteiger partial charge is 0.370 e. The van der Waals surface area contributed by atoms with Crippen molar-refractivity contribution in [1.82, 2.24) is 0 Å². The zero-order valence-electron chi connectivity index (χ0n) is 5.89. The minimum atomic E-state index is -0.254. The Balaban J connectivity index is 3.30. The van der Waals surface area contributed by atoms with Crippen molar-refractivity contribution < 1.29 is 4.79 Å². The van der Waals surface area contributed by atoms with E-state index in [1.54, 1.807) is 6.08 Å². The first-order chi connectivity index (χ1) is 4.77. The highest BCUT2D eigenvalue weighted by molar-refractivity contribution is 5.73. The van der Waals surface area contributed by atoms with Crippen LogP contribution in [0.25, 0.3) is 0 Å². The van der Waals surface area contributed by atoms with Crippen LogP contribution in [0.2, 0.25) is 0 Å². The first kappa shape index (κ1) is 8.77. The van der Waals surface area contributed by atoms with Gasteiger partial charge in [0.05, 0.1) is 0 Å². The molecule has 0 aliphatic heterocycles. The van der Waals surface area contributed by atoms with Crippen LogP contribution in [0.15, 0.2) is 24.1 Å². The van der Waals surface area contributed by atoms with E-state index in [2.05, 4.69) is 18.0 Å². The topological polar surface area (TPSA) is 43.1 Å². The second-order valence-electron chi connectivity index (χ2n) is 1.88. The molecular weight excluding hydrogens is 126 g/mol. The molecule has 0 aromatic heterocycles. The summed E-state index contributed by atoms with van der Waals surface area (Å²) in [6, 6.07) is 0. The molecule has 0 bridgehead atoms. The zero-order valence-corrected chi connectivity index (χ0v) is 5.89. The quantitative estimate of drug-likeness (QED) is 0.458. The number of carbonyl (C=O) groups is 1. The Labute approximate surface area is 60.7 Å². The molecule has 10 heavy (non-hydrogen) atoms. The van der Waals surface area contributed by atoms with E-state index in [9.17, 15) is 4.79 Å². The van der Waals surface area contributed by atoms with E-state index in [1.165, 1.54) is 0 Å². The molecule has 0 unspecified atom stereocenters. The zero-order chi connectivity index (χ0) is 7.82. The molecule has 0 aromatic rings. The van der Waals surface area contributed by atoms with Crippen molar-refractivity contribution in [3.63, 3.8) is 0 Å². The number of nitrogens with two attached hydrogens (primary N) is 1. The lowest BCUT2D eigenvalue weighted by atomic mass is 10.2. The van der Waals surface area contributed by atoms with Gasteiger partial charge in [-0.2, -0.15) is 0 Å². The lowest BCUT2D eigenvalue weighted by Crippen LogP contribution is -2.09. The van der Waals surface area contributed by atoms with Crippen LogP contribution in [0.4, 0.5) is 0 Å². The molecule has 0 heterocycles. The maximum Gasteiger partial charge on any atom is 0.217 e. The minimum Gasteiger partial charge on any atom is -0.370 e. The van der Waals surface area contributed by atoms with Gasteiger partial charge in [0.2, 0.25) is 5.91 Å². The normalized spacial score (nSPS) is 7.60. The van der Waals surface area contributed by atoms with E-state index in [0.29, 0.717) is 6.42 Å². The van der Waals surface area contributed by atoms with Crippen LogP contribution in [-0.2, 0) is 4.79 Å². The predicted octanol–water partition coefficient (Wildman–Crippen LogP) is 1.14. The standard InChI is InChI=1S/C8H11NO/c1-2-3-4-5-6-7-8(9)10/h4H,1,5-7H2,(H2,9,10). The van der Waals surface area contributed by atoms with E-state index in [4.69, 9.17) is 5.73 Å². The summed E-state index contributed by atoms with van der Waals surface area (Å²) in [5, 5.41) is 0. The minimum absolute atomic E-state index is 0.254. The van der Waals surface area contributed by atoms with Gasteiger partial charge in [-0.3, -0.25) is 4.79 Å². The molecule has 1 amide bonds. The molecule has 2 heteroatoms. The van der Waals surface area contributed by atoms with Gasteiger partial charge in [-0.05, 0) is 25.5 Å². The van der Waals surface area contributed by atoms with Gasteiger partial charge in [-0.1, -0.05) is 11.5 Å². The average Bonchev–Trinajstić information content (AvgIpc) is 1.87. The van der Waals surface area contributed by atoms with Gasteiger partial charge in [0.15, 0.2) is 0 Å². The number of carbonyl (C=O) groups excluding carboxylic acids is 1. The monoisotopic (exact) mass is 137 g/mol. The molecule has 0 rings (SSSR count). The summed E-state index contributed by atoms with van der Waals surface area (Å²) < 4.78 is 0. The number of hydrogen-bond donors (Lipinski definition) is 1. The Morgan fingerprint density at radius 3 is 2.90 bits per heavy atom. The van der Waals surface area contributed by atoms with Crippen LogP contribution in [0.5, 0.6) is 0 Å². The Hall–Kier alpha value is -1.23. The Morgan fingerprint density at radius 1 is 1.70 bits per heavy atom. The summed E-state index contributed by atoms with van der Waals surface area (Å²) in [5.74, 6) is -0.254. The van der Waals surface area contributed by atoms with Gasteiger partial charge in [-0.25, -0.2) is 0 Å². The molecular formula is C8H11NO. The molecule has 0 aliphatic carbocycles. The predicted molar refractivity (Wildman–Crippen MR) is 40.3 cm³/mol. The molecule has 0 spiro atoms. The van der Waals surface area contributed by atoms with E-state index >= 15 is 0 Å². The van der Waals surface area contributed by atoms with Crippen molar-refractivity contribution in [2.45, 2.75) is 19.3 Å². The Bertz CT molecular complexity index is 183. The van der Waals surface area contributed by atoms with Crippen molar-refractivity contribution in [1.29, 1.82) is 0 Å². The van der Waals surface area contributed by atoms with E-state index in [1.807, 2.05) is 0 Å². The second-order valence-corrected chi connectivity index (χ2v) is 1.88. The third-order valence-corrected chi connectivity index (χ3v) is 0.976. The molecule has 0 saturated carbocycles. The highest BCUT2D eigenvalue weighted by Crippen LogP contribution is 1.93.